The van der Waals surface area contributed by atoms with Crippen LogP contribution in [0.2, 0.25) is 0 Å². The average Bonchev–Trinajstić information content (AvgIpc) is 2.59. The maximum absolute atomic E-state index is 11.7. The molecule has 140 valence electrons. The fourth-order valence-corrected chi connectivity index (χ4v) is 2.06. The van der Waals surface area contributed by atoms with Crippen LogP contribution in [0, 0.1) is 0 Å². The summed E-state index contributed by atoms with van der Waals surface area (Å²) in [6.45, 7) is 5.90. The predicted octanol–water partition coefficient (Wildman–Crippen LogP) is 1.37. The van der Waals surface area contributed by atoms with E-state index in [1.165, 1.54) is 14.0 Å². The van der Waals surface area contributed by atoms with Gasteiger partial charge in [0.05, 0.1) is 26.9 Å². The van der Waals surface area contributed by atoms with E-state index in [4.69, 9.17) is 18.9 Å². The quantitative estimate of drug-likeness (QED) is 0.540. The van der Waals surface area contributed by atoms with Gasteiger partial charge in [-0.2, -0.15) is 0 Å². The lowest BCUT2D eigenvalue weighted by Gasteiger charge is -2.11. The molecule has 1 amide bonds. The molecule has 7 heteroatoms. The van der Waals surface area contributed by atoms with Crippen LogP contribution in [-0.4, -0.2) is 58.4 Å². The molecule has 0 radical (unpaired) electrons. The average molecular weight is 353 g/mol. The monoisotopic (exact) mass is 353 g/mol. The van der Waals surface area contributed by atoms with Gasteiger partial charge in [0.25, 0.3) is 5.91 Å². The van der Waals surface area contributed by atoms with Crippen LogP contribution in [0.15, 0.2) is 18.2 Å². The van der Waals surface area contributed by atoms with E-state index in [9.17, 15) is 9.59 Å². The van der Waals surface area contributed by atoms with Crippen molar-refractivity contribution < 1.29 is 28.5 Å². The molecule has 0 saturated heterocycles. The molecule has 0 bridgehead atoms. The molecule has 0 spiro atoms. The van der Waals surface area contributed by atoms with Crippen molar-refractivity contribution in [3.63, 3.8) is 0 Å². The van der Waals surface area contributed by atoms with Gasteiger partial charge < -0.3 is 24.3 Å². The number of ether oxygens (including phenoxy) is 4. The highest BCUT2D eigenvalue weighted by molar-refractivity contribution is 5.79. The van der Waals surface area contributed by atoms with Gasteiger partial charge in [-0.15, -0.1) is 0 Å². The molecule has 0 aliphatic heterocycles. The molecule has 1 N–H and O–H groups in total. The van der Waals surface area contributed by atoms with Gasteiger partial charge >= 0.3 is 0 Å². The minimum Gasteiger partial charge on any atom is -0.496 e. The number of rotatable bonds is 13. The number of methoxy groups -OCH3 is 1. The van der Waals surface area contributed by atoms with Crippen LogP contribution in [0.3, 0.4) is 0 Å². The van der Waals surface area contributed by atoms with Crippen molar-refractivity contribution in [2.45, 2.75) is 20.3 Å². The summed E-state index contributed by atoms with van der Waals surface area (Å²) in [4.78, 5) is 22.9. The molecule has 7 nitrogen and oxygen atoms in total. The Bertz CT molecular complexity index is 546. The maximum atomic E-state index is 11.7. The minimum absolute atomic E-state index is 0.0508. The minimum atomic E-state index is -0.236. The van der Waals surface area contributed by atoms with E-state index in [0.29, 0.717) is 50.9 Å². The number of Topliss-reactive ketones (excluding diaryl/α,β-unsaturated/α-hetero) is 1. The Kier molecular flexibility index (Phi) is 10.3. The third-order valence-electron chi connectivity index (χ3n) is 3.21. The summed E-state index contributed by atoms with van der Waals surface area (Å²) in [6.07, 6.45) is 0.299. The molecule has 25 heavy (non-hydrogen) atoms. The Morgan fingerprint density at radius 2 is 1.88 bits per heavy atom. The first kappa shape index (κ1) is 20.9. The number of carbonyl (C=O) groups is 2. The summed E-state index contributed by atoms with van der Waals surface area (Å²) in [5.74, 6) is 0.887. The van der Waals surface area contributed by atoms with Crippen LogP contribution in [0.5, 0.6) is 11.5 Å². The smallest absolute Gasteiger partial charge is 0.258 e. The van der Waals surface area contributed by atoms with E-state index < -0.39 is 0 Å². The number of carbonyl (C=O) groups excluding carboxylic acids is 2. The fraction of sp³-hybridized carbons (Fsp3) is 0.556. The highest BCUT2D eigenvalue weighted by Gasteiger charge is 2.09. The fourth-order valence-electron chi connectivity index (χ4n) is 2.06. The molecule has 1 rings (SSSR count). The zero-order chi connectivity index (χ0) is 18.5. The largest absolute Gasteiger partial charge is 0.496 e. The third kappa shape index (κ3) is 9.07. The van der Waals surface area contributed by atoms with Crippen LogP contribution in [0.4, 0.5) is 0 Å². The van der Waals surface area contributed by atoms with Crippen LogP contribution in [0.1, 0.15) is 19.4 Å². The lowest BCUT2D eigenvalue weighted by atomic mass is 10.1. The SMILES string of the molecule is CCOCCOCCNC(=O)COc1ccc(CC(C)=O)c(OC)c1. The van der Waals surface area contributed by atoms with Gasteiger partial charge in [0.15, 0.2) is 6.61 Å². The molecular weight excluding hydrogens is 326 g/mol. The number of ketones is 1. The highest BCUT2D eigenvalue weighted by Crippen LogP contribution is 2.25. The summed E-state index contributed by atoms with van der Waals surface area (Å²) >= 11 is 0. The summed E-state index contributed by atoms with van der Waals surface area (Å²) in [6, 6.07) is 5.15. The van der Waals surface area contributed by atoms with E-state index in [1.54, 1.807) is 18.2 Å². The van der Waals surface area contributed by atoms with Crippen molar-refractivity contribution in [2.24, 2.45) is 0 Å². The molecular formula is C18H27NO6. The Balaban J connectivity index is 2.30. The van der Waals surface area contributed by atoms with Crippen molar-refractivity contribution in [2.75, 3.05) is 46.7 Å². The van der Waals surface area contributed by atoms with E-state index >= 15 is 0 Å². The van der Waals surface area contributed by atoms with Gasteiger partial charge in [0.2, 0.25) is 0 Å². The molecule has 1 aromatic rings. The predicted molar refractivity (Wildman–Crippen MR) is 93.2 cm³/mol. The number of hydrogen-bond acceptors (Lipinski definition) is 6. The standard InChI is InChI=1S/C18H27NO6/c1-4-23-9-10-24-8-7-19-18(21)13-25-16-6-5-15(11-14(2)20)17(12-16)22-3/h5-6,12H,4,7-11,13H2,1-3H3,(H,19,21). The number of benzene rings is 1. The van der Waals surface area contributed by atoms with E-state index in [-0.39, 0.29) is 18.3 Å². The van der Waals surface area contributed by atoms with E-state index in [2.05, 4.69) is 5.32 Å². The topological polar surface area (TPSA) is 83.1 Å². The normalized spacial score (nSPS) is 10.4. The van der Waals surface area contributed by atoms with Gasteiger partial charge in [-0.05, 0) is 19.9 Å². The molecule has 0 heterocycles. The molecule has 0 atom stereocenters. The summed E-state index contributed by atoms with van der Waals surface area (Å²) in [7, 11) is 1.53. The Hall–Kier alpha value is -2.12. The van der Waals surface area contributed by atoms with Crippen molar-refractivity contribution in [3.05, 3.63) is 23.8 Å². The lowest BCUT2D eigenvalue weighted by molar-refractivity contribution is -0.123. The number of nitrogens with one attached hydrogen (secondary N) is 1. The first-order chi connectivity index (χ1) is 12.1. The first-order valence-electron chi connectivity index (χ1n) is 8.28. The summed E-state index contributed by atoms with van der Waals surface area (Å²) in [5.41, 5.74) is 0.788. The second kappa shape index (κ2) is 12.3. The lowest BCUT2D eigenvalue weighted by Crippen LogP contribution is -2.31. The molecule has 0 unspecified atom stereocenters. The van der Waals surface area contributed by atoms with Gasteiger partial charge in [0.1, 0.15) is 17.3 Å². The molecule has 0 aromatic heterocycles. The van der Waals surface area contributed by atoms with Crippen molar-refractivity contribution >= 4 is 11.7 Å². The molecule has 0 fully saturated rings. The molecule has 0 saturated carbocycles. The van der Waals surface area contributed by atoms with Gasteiger partial charge in [-0.1, -0.05) is 6.07 Å². The molecule has 0 aliphatic rings. The Labute approximate surface area is 148 Å². The first-order valence-corrected chi connectivity index (χ1v) is 8.28. The van der Waals surface area contributed by atoms with Crippen LogP contribution in [0.25, 0.3) is 0 Å². The van der Waals surface area contributed by atoms with Crippen LogP contribution in [-0.2, 0) is 25.5 Å². The molecule has 0 aliphatic carbocycles. The van der Waals surface area contributed by atoms with Crippen molar-refractivity contribution in [1.82, 2.24) is 5.32 Å². The summed E-state index contributed by atoms with van der Waals surface area (Å²) in [5, 5.41) is 2.70. The number of hydrogen-bond donors (Lipinski definition) is 1. The van der Waals surface area contributed by atoms with Crippen LogP contribution >= 0.6 is 0 Å². The van der Waals surface area contributed by atoms with Gasteiger partial charge in [-0.25, -0.2) is 0 Å². The summed E-state index contributed by atoms with van der Waals surface area (Å²) < 4.78 is 21.1. The zero-order valence-corrected chi connectivity index (χ0v) is 15.1. The Morgan fingerprint density at radius 1 is 1.12 bits per heavy atom. The highest BCUT2D eigenvalue weighted by atomic mass is 16.5. The molecule has 1 aromatic carbocycles. The van der Waals surface area contributed by atoms with Crippen molar-refractivity contribution in [1.29, 1.82) is 0 Å². The number of amides is 1. The van der Waals surface area contributed by atoms with Gasteiger partial charge in [0, 0.05) is 31.2 Å². The Morgan fingerprint density at radius 3 is 2.56 bits per heavy atom. The second-order valence-corrected chi connectivity index (χ2v) is 5.30. The van der Waals surface area contributed by atoms with E-state index in [1.807, 2.05) is 6.92 Å². The zero-order valence-electron chi connectivity index (χ0n) is 15.1. The third-order valence-corrected chi connectivity index (χ3v) is 3.21. The maximum Gasteiger partial charge on any atom is 0.258 e. The van der Waals surface area contributed by atoms with Gasteiger partial charge in [-0.3, -0.25) is 9.59 Å². The van der Waals surface area contributed by atoms with Crippen molar-refractivity contribution in [3.8, 4) is 11.5 Å². The van der Waals surface area contributed by atoms with E-state index in [0.717, 1.165) is 5.56 Å². The van der Waals surface area contributed by atoms with Crippen LogP contribution < -0.4 is 14.8 Å². The second-order valence-electron chi connectivity index (χ2n) is 5.30.